The molecule has 2 rings (SSSR count). The molecule has 0 aromatic carbocycles. The van der Waals surface area contributed by atoms with Crippen LogP contribution in [0.4, 0.5) is 0 Å². The Morgan fingerprint density at radius 2 is 2.14 bits per heavy atom. The average molecular weight is 194 g/mol. The van der Waals surface area contributed by atoms with Crippen LogP contribution in [0.3, 0.4) is 0 Å². The smallest absolute Gasteiger partial charge is 0.0717 e. The summed E-state index contributed by atoms with van der Waals surface area (Å²) >= 11 is 0. The maximum Gasteiger partial charge on any atom is 0.0717 e. The second-order valence-electron chi connectivity index (χ2n) is 5.10. The summed E-state index contributed by atoms with van der Waals surface area (Å²) in [5.74, 6) is 0. The van der Waals surface area contributed by atoms with Gasteiger partial charge in [0.05, 0.1) is 12.3 Å². The van der Waals surface area contributed by atoms with E-state index in [0.29, 0.717) is 0 Å². The quantitative estimate of drug-likeness (QED) is 0.772. The van der Waals surface area contributed by atoms with Crippen molar-refractivity contribution in [2.75, 3.05) is 6.61 Å². The predicted octanol–water partition coefficient (Wildman–Crippen LogP) is 1.39. The van der Waals surface area contributed by atoms with Gasteiger partial charge in [0, 0.05) is 18.2 Å². The molecule has 1 aliphatic carbocycles. The number of aryl methyl sites for hydroxylation is 2. The predicted molar refractivity (Wildman–Crippen MR) is 55.1 cm³/mol. The van der Waals surface area contributed by atoms with E-state index in [4.69, 9.17) is 0 Å². The fourth-order valence-corrected chi connectivity index (χ4v) is 2.29. The molecule has 3 heteroatoms. The number of aliphatic hydroxyl groups excluding tert-OH is 1. The molecule has 3 nitrogen and oxygen atoms in total. The Bertz CT molecular complexity index is 348. The van der Waals surface area contributed by atoms with Crippen LogP contribution >= 0.6 is 0 Å². The summed E-state index contributed by atoms with van der Waals surface area (Å²) in [6.07, 6.45) is 1.03. The molecular weight excluding hydrogens is 176 g/mol. The third-order valence-electron chi connectivity index (χ3n) is 3.79. The van der Waals surface area contributed by atoms with E-state index in [1.165, 1.54) is 0 Å². The molecule has 1 fully saturated rings. The molecule has 1 heterocycles. The average Bonchev–Trinajstić information content (AvgIpc) is 2.52. The lowest BCUT2D eigenvalue weighted by Crippen LogP contribution is -2.20. The Hall–Kier alpha value is -0.830. The van der Waals surface area contributed by atoms with Crippen LogP contribution in [0, 0.1) is 12.3 Å². The van der Waals surface area contributed by atoms with Crippen LogP contribution in [0.5, 0.6) is 0 Å². The molecular formula is C11H18N2O. The van der Waals surface area contributed by atoms with E-state index in [-0.39, 0.29) is 17.4 Å². The van der Waals surface area contributed by atoms with Crippen molar-refractivity contribution in [2.45, 2.75) is 32.6 Å². The fourth-order valence-electron chi connectivity index (χ4n) is 2.29. The van der Waals surface area contributed by atoms with Crippen molar-refractivity contribution in [1.82, 2.24) is 9.78 Å². The van der Waals surface area contributed by atoms with Gasteiger partial charge in [-0.25, -0.2) is 0 Å². The first-order chi connectivity index (χ1) is 6.43. The number of rotatable bonds is 2. The minimum Gasteiger partial charge on any atom is -0.395 e. The fraction of sp³-hybridized carbons (Fsp3) is 0.727. The van der Waals surface area contributed by atoms with Crippen molar-refractivity contribution in [1.29, 1.82) is 0 Å². The summed E-state index contributed by atoms with van der Waals surface area (Å²) in [6, 6.07) is 2.09. The van der Waals surface area contributed by atoms with Gasteiger partial charge in [-0.3, -0.25) is 4.68 Å². The van der Waals surface area contributed by atoms with Gasteiger partial charge in [0.25, 0.3) is 0 Å². The van der Waals surface area contributed by atoms with Crippen LogP contribution in [0.25, 0.3) is 0 Å². The molecule has 14 heavy (non-hydrogen) atoms. The number of aliphatic hydroxyl groups is 1. The Morgan fingerprint density at radius 3 is 2.43 bits per heavy atom. The van der Waals surface area contributed by atoms with E-state index in [0.717, 1.165) is 17.8 Å². The maximum atomic E-state index is 9.50. The minimum absolute atomic E-state index is 0.0843. The van der Waals surface area contributed by atoms with Crippen LogP contribution in [0.2, 0.25) is 0 Å². The summed E-state index contributed by atoms with van der Waals surface area (Å²) in [5, 5.41) is 14.0. The third kappa shape index (κ3) is 1.05. The lowest BCUT2D eigenvalue weighted by atomic mass is 9.93. The standard InChI is InChI=1S/C11H18N2O/c1-8-5-9(12-13(8)4)11(7-14)6-10(11,2)3/h5,14H,6-7H2,1-4H3. The summed E-state index contributed by atoms with van der Waals surface area (Å²) in [6.45, 7) is 6.62. The zero-order valence-electron chi connectivity index (χ0n) is 9.33. The topological polar surface area (TPSA) is 38.1 Å². The van der Waals surface area contributed by atoms with Crippen molar-refractivity contribution in [3.05, 3.63) is 17.5 Å². The Labute approximate surface area is 84.7 Å². The number of aromatic nitrogens is 2. The molecule has 0 bridgehead atoms. The van der Waals surface area contributed by atoms with Gasteiger partial charge in [-0.2, -0.15) is 5.10 Å². The highest BCUT2D eigenvalue weighted by Gasteiger charge is 2.63. The van der Waals surface area contributed by atoms with E-state index >= 15 is 0 Å². The molecule has 1 N–H and O–H groups in total. The van der Waals surface area contributed by atoms with Crippen LogP contribution in [0.1, 0.15) is 31.7 Å². The van der Waals surface area contributed by atoms with Crippen molar-refractivity contribution in [3.8, 4) is 0 Å². The van der Waals surface area contributed by atoms with Crippen molar-refractivity contribution < 1.29 is 5.11 Å². The molecule has 1 aromatic rings. The normalized spacial score (nSPS) is 29.2. The highest BCUT2D eigenvalue weighted by Crippen LogP contribution is 2.63. The van der Waals surface area contributed by atoms with Crippen LogP contribution in [-0.4, -0.2) is 21.5 Å². The van der Waals surface area contributed by atoms with E-state index in [1.54, 1.807) is 0 Å². The highest BCUT2D eigenvalue weighted by molar-refractivity contribution is 5.33. The number of nitrogens with zero attached hydrogens (tertiary/aromatic N) is 2. The van der Waals surface area contributed by atoms with Gasteiger partial charge in [-0.05, 0) is 24.8 Å². The molecule has 1 atom stereocenters. The summed E-state index contributed by atoms with van der Waals surface area (Å²) < 4.78 is 1.88. The van der Waals surface area contributed by atoms with Gasteiger partial charge >= 0.3 is 0 Å². The Kier molecular flexibility index (Phi) is 1.80. The molecule has 0 amide bonds. The van der Waals surface area contributed by atoms with Gasteiger partial charge in [0.15, 0.2) is 0 Å². The number of hydrogen-bond donors (Lipinski definition) is 1. The van der Waals surface area contributed by atoms with Crippen LogP contribution in [0.15, 0.2) is 6.07 Å². The molecule has 0 spiro atoms. The van der Waals surface area contributed by atoms with Crippen molar-refractivity contribution in [2.24, 2.45) is 12.5 Å². The van der Waals surface area contributed by atoms with Crippen molar-refractivity contribution in [3.63, 3.8) is 0 Å². The summed E-state index contributed by atoms with van der Waals surface area (Å²) in [4.78, 5) is 0. The largest absolute Gasteiger partial charge is 0.395 e. The second-order valence-corrected chi connectivity index (χ2v) is 5.10. The third-order valence-corrected chi connectivity index (χ3v) is 3.79. The maximum absolute atomic E-state index is 9.50. The molecule has 1 aromatic heterocycles. The molecule has 1 saturated carbocycles. The lowest BCUT2D eigenvalue weighted by Gasteiger charge is -2.14. The van der Waals surface area contributed by atoms with Crippen LogP contribution < -0.4 is 0 Å². The van der Waals surface area contributed by atoms with E-state index in [2.05, 4.69) is 25.0 Å². The molecule has 78 valence electrons. The van der Waals surface area contributed by atoms with E-state index < -0.39 is 0 Å². The molecule has 0 radical (unpaired) electrons. The molecule has 1 aliphatic rings. The first-order valence-electron chi connectivity index (χ1n) is 5.05. The van der Waals surface area contributed by atoms with E-state index in [1.807, 2.05) is 18.7 Å². The Morgan fingerprint density at radius 1 is 1.57 bits per heavy atom. The molecule has 0 saturated heterocycles. The summed E-state index contributed by atoms with van der Waals surface area (Å²) in [7, 11) is 1.94. The van der Waals surface area contributed by atoms with Gasteiger partial charge in [0.2, 0.25) is 0 Å². The van der Waals surface area contributed by atoms with Gasteiger partial charge in [-0.1, -0.05) is 13.8 Å². The van der Waals surface area contributed by atoms with Gasteiger partial charge in [0.1, 0.15) is 0 Å². The molecule has 1 unspecified atom stereocenters. The van der Waals surface area contributed by atoms with Crippen molar-refractivity contribution >= 4 is 0 Å². The van der Waals surface area contributed by atoms with E-state index in [9.17, 15) is 5.11 Å². The van der Waals surface area contributed by atoms with Crippen LogP contribution in [-0.2, 0) is 12.5 Å². The van der Waals surface area contributed by atoms with Gasteiger partial charge in [-0.15, -0.1) is 0 Å². The minimum atomic E-state index is -0.0843. The highest BCUT2D eigenvalue weighted by atomic mass is 16.3. The molecule has 0 aliphatic heterocycles. The first-order valence-corrected chi connectivity index (χ1v) is 5.05. The lowest BCUT2D eigenvalue weighted by molar-refractivity contribution is 0.228. The monoisotopic (exact) mass is 194 g/mol. The summed E-state index contributed by atoms with van der Waals surface area (Å²) in [5.41, 5.74) is 2.31. The zero-order valence-corrected chi connectivity index (χ0v) is 9.33. The number of hydrogen-bond acceptors (Lipinski definition) is 2. The Balaban J connectivity index is 2.40. The SMILES string of the molecule is Cc1cc(C2(CO)CC2(C)C)nn1C. The second kappa shape index (κ2) is 2.60. The zero-order chi connectivity index (χ0) is 10.6. The first kappa shape index (κ1) is 9.71. The van der Waals surface area contributed by atoms with Gasteiger partial charge < -0.3 is 5.11 Å².